The van der Waals surface area contributed by atoms with Crippen LogP contribution in [0, 0.1) is 12.8 Å². The molecule has 0 aliphatic rings. The lowest BCUT2D eigenvalue weighted by molar-refractivity contribution is 0.255. The molecular weight excluding hydrogens is 200 g/mol. The van der Waals surface area contributed by atoms with E-state index in [-0.39, 0.29) is 6.03 Å². The molecule has 0 aliphatic carbocycles. The van der Waals surface area contributed by atoms with E-state index in [0.717, 1.165) is 11.3 Å². The molecule has 0 atom stereocenters. The highest BCUT2D eigenvalue weighted by Crippen LogP contribution is 2.12. The lowest BCUT2D eigenvalue weighted by Crippen LogP contribution is -2.24. The van der Waals surface area contributed by atoms with Gasteiger partial charge in [-0.2, -0.15) is 0 Å². The van der Waals surface area contributed by atoms with Gasteiger partial charge in [0.15, 0.2) is 0 Å². The van der Waals surface area contributed by atoms with E-state index in [1.807, 2.05) is 37.3 Å². The zero-order chi connectivity index (χ0) is 12.0. The molecule has 0 heterocycles. The van der Waals surface area contributed by atoms with Crippen LogP contribution in [0.5, 0.6) is 0 Å². The molecule has 0 bridgehead atoms. The van der Waals surface area contributed by atoms with E-state index >= 15 is 0 Å². The van der Waals surface area contributed by atoms with Gasteiger partial charge in [0, 0.05) is 11.9 Å². The number of para-hydroxylation sites is 1. The predicted octanol–water partition coefficient (Wildman–Crippen LogP) is 3.29. The van der Waals surface area contributed by atoms with Crippen LogP contribution in [0.15, 0.2) is 36.5 Å². The van der Waals surface area contributed by atoms with Crippen LogP contribution in [0.3, 0.4) is 0 Å². The van der Waals surface area contributed by atoms with E-state index in [9.17, 15) is 4.79 Å². The normalized spacial score (nSPS) is 10.8. The van der Waals surface area contributed by atoms with Gasteiger partial charge in [0.2, 0.25) is 0 Å². The molecule has 3 nitrogen and oxygen atoms in total. The van der Waals surface area contributed by atoms with Gasteiger partial charge in [-0.05, 0) is 24.5 Å². The second kappa shape index (κ2) is 5.95. The van der Waals surface area contributed by atoms with Gasteiger partial charge in [0.1, 0.15) is 0 Å². The van der Waals surface area contributed by atoms with Crippen LogP contribution in [0.1, 0.15) is 19.4 Å². The molecule has 0 unspecified atom stereocenters. The van der Waals surface area contributed by atoms with E-state index in [4.69, 9.17) is 0 Å². The fraction of sp³-hybridized carbons (Fsp3) is 0.308. The highest BCUT2D eigenvalue weighted by Gasteiger charge is 2.00. The fourth-order valence-electron chi connectivity index (χ4n) is 1.19. The summed E-state index contributed by atoms with van der Waals surface area (Å²) in [6.07, 6.45) is 3.59. The molecular formula is C13H18N2O. The molecule has 0 radical (unpaired) electrons. The second-order valence-corrected chi connectivity index (χ2v) is 4.02. The van der Waals surface area contributed by atoms with Crippen molar-refractivity contribution in [2.75, 3.05) is 5.32 Å². The molecule has 86 valence electrons. The van der Waals surface area contributed by atoms with Crippen LogP contribution in [0.25, 0.3) is 0 Å². The molecule has 3 heteroatoms. The minimum absolute atomic E-state index is 0.216. The topological polar surface area (TPSA) is 41.1 Å². The maximum Gasteiger partial charge on any atom is 0.323 e. The highest BCUT2D eigenvalue weighted by molar-refractivity contribution is 5.90. The van der Waals surface area contributed by atoms with Crippen LogP contribution in [-0.2, 0) is 0 Å². The van der Waals surface area contributed by atoms with Gasteiger partial charge in [-0.15, -0.1) is 0 Å². The van der Waals surface area contributed by atoms with E-state index in [2.05, 4.69) is 24.5 Å². The van der Waals surface area contributed by atoms with Crippen LogP contribution < -0.4 is 10.6 Å². The molecule has 1 aromatic carbocycles. The van der Waals surface area contributed by atoms with Crippen LogP contribution in [0.2, 0.25) is 0 Å². The third-order valence-electron chi connectivity index (χ3n) is 2.09. The van der Waals surface area contributed by atoms with Gasteiger partial charge in [0.25, 0.3) is 0 Å². The zero-order valence-corrected chi connectivity index (χ0v) is 9.95. The zero-order valence-electron chi connectivity index (χ0n) is 9.95. The van der Waals surface area contributed by atoms with Crippen molar-refractivity contribution in [3.8, 4) is 0 Å². The lowest BCUT2D eigenvalue weighted by atomic mass is 10.2. The van der Waals surface area contributed by atoms with Gasteiger partial charge in [-0.25, -0.2) is 4.79 Å². The Balaban J connectivity index is 2.49. The third-order valence-corrected chi connectivity index (χ3v) is 2.09. The average Bonchev–Trinajstić information content (AvgIpc) is 2.21. The molecule has 16 heavy (non-hydrogen) atoms. The number of benzene rings is 1. The van der Waals surface area contributed by atoms with Gasteiger partial charge in [0.05, 0.1) is 0 Å². The van der Waals surface area contributed by atoms with E-state index in [1.54, 1.807) is 6.20 Å². The molecule has 1 aromatic rings. The maximum atomic E-state index is 11.5. The molecule has 2 amide bonds. The summed E-state index contributed by atoms with van der Waals surface area (Å²) in [6.45, 7) is 6.06. The van der Waals surface area contributed by atoms with Crippen molar-refractivity contribution in [1.82, 2.24) is 5.32 Å². The van der Waals surface area contributed by atoms with Crippen molar-refractivity contribution in [2.45, 2.75) is 20.8 Å². The number of carbonyl (C=O) groups excluding carboxylic acids is 1. The van der Waals surface area contributed by atoms with E-state index in [1.165, 1.54) is 0 Å². The molecule has 0 aromatic heterocycles. The first-order valence-corrected chi connectivity index (χ1v) is 5.39. The van der Waals surface area contributed by atoms with Crippen molar-refractivity contribution in [3.05, 3.63) is 42.1 Å². The Bertz CT molecular complexity index is 383. The number of nitrogens with one attached hydrogen (secondary N) is 2. The number of allylic oxidation sites excluding steroid dienone is 1. The first-order chi connectivity index (χ1) is 7.59. The number of hydrogen-bond acceptors (Lipinski definition) is 1. The van der Waals surface area contributed by atoms with Gasteiger partial charge in [-0.1, -0.05) is 38.1 Å². The van der Waals surface area contributed by atoms with Crippen LogP contribution >= 0.6 is 0 Å². The number of amides is 2. The summed E-state index contributed by atoms with van der Waals surface area (Å²) in [5.41, 5.74) is 1.88. The van der Waals surface area contributed by atoms with Crippen LogP contribution in [-0.4, -0.2) is 6.03 Å². The Morgan fingerprint density at radius 2 is 2.00 bits per heavy atom. The number of carbonyl (C=O) groups is 1. The van der Waals surface area contributed by atoms with E-state index < -0.39 is 0 Å². The molecule has 0 aliphatic heterocycles. The van der Waals surface area contributed by atoms with Crippen molar-refractivity contribution in [3.63, 3.8) is 0 Å². The predicted molar refractivity (Wildman–Crippen MR) is 67.3 cm³/mol. The SMILES string of the molecule is Cc1ccccc1NC(=O)N/C=C/C(C)C. The first kappa shape index (κ1) is 12.3. The molecule has 0 saturated heterocycles. The Kier molecular flexibility index (Phi) is 4.58. The number of urea groups is 1. The Hall–Kier alpha value is -1.77. The average molecular weight is 218 g/mol. The minimum Gasteiger partial charge on any atom is -0.315 e. The quantitative estimate of drug-likeness (QED) is 0.803. The standard InChI is InChI=1S/C13H18N2O/c1-10(2)8-9-14-13(16)15-12-7-5-4-6-11(12)3/h4-10H,1-3H3,(H2,14,15,16)/b9-8+. The molecule has 1 rings (SSSR count). The Morgan fingerprint density at radius 3 is 2.62 bits per heavy atom. The summed E-state index contributed by atoms with van der Waals surface area (Å²) < 4.78 is 0. The second-order valence-electron chi connectivity index (χ2n) is 4.02. The molecule has 0 saturated carbocycles. The van der Waals surface area contributed by atoms with Crippen molar-refractivity contribution in [2.24, 2.45) is 5.92 Å². The first-order valence-electron chi connectivity index (χ1n) is 5.39. The van der Waals surface area contributed by atoms with Crippen molar-refractivity contribution in [1.29, 1.82) is 0 Å². The van der Waals surface area contributed by atoms with Gasteiger partial charge >= 0.3 is 6.03 Å². The van der Waals surface area contributed by atoms with Crippen molar-refractivity contribution >= 4 is 11.7 Å². The number of hydrogen-bond donors (Lipinski definition) is 2. The monoisotopic (exact) mass is 218 g/mol. The lowest BCUT2D eigenvalue weighted by Gasteiger charge is -2.07. The fourth-order valence-corrected chi connectivity index (χ4v) is 1.19. The van der Waals surface area contributed by atoms with Gasteiger partial charge < -0.3 is 10.6 Å². The van der Waals surface area contributed by atoms with Gasteiger partial charge in [-0.3, -0.25) is 0 Å². The maximum absolute atomic E-state index is 11.5. The Morgan fingerprint density at radius 1 is 1.31 bits per heavy atom. The molecule has 2 N–H and O–H groups in total. The van der Waals surface area contributed by atoms with Crippen LogP contribution in [0.4, 0.5) is 10.5 Å². The van der Waals surface area contributed by atoms with E-state index in [0.29, 0.717) is 5.92 Å². The highest BCUT2D eigenvalue weighted by atomic mass is 16.2. The molecule has 0 fully saturated rings. The summed E-state index contributed by atoms with van der Waals surface area (Å²) in [5.74, 6) is 0.429. The summed E-state index contributed by atoms with van der Waals surface area (Å²) in [6, 6.07) is 7.45. The Labute approximate surface area is 96.6 Å². The number of rotatable bonds is 3. The molecule has 0 spiro atoms. The summed E-state index contributed by atoms with van der Waals surface area (Å²) in [7, 11) is 0. The largest absolute Gasteiger partial charge is 0.323 e. The third kappa shape index (κ3) is 4.17. The summed E-state index contributed by atoms with van der Waals surface area (Å²) in [5, 5.41) is 5.44. The smallest absolute Gasteiger partial charge is 0.315 e. The number of anilines is 1. The number of aryl methyl sites for hydroxylation is 1. The minimum atomic E-state index is -0.216. The summed E-state index contributed by atoms with van der Waals surface area (Å²) >= 11 is 0. The summed E-state index contributed by atoms with van der Waals surface area (Å²) in [4.78, 5) is 11.5. The van der Waals surface area contributed by atoms with Crippen molar-refractivity contribution < 1.29 is 4.79 Å².